The summed E-state index contributed by atoms with van der Waals surface area (Å²) in [4.78, 5) is 12.5. The van der Waals surface area contributed by atoms with Crippen molar-refractivity contribution in [2.24, 2.45) is 0 Å². The number of hydrogen-bond acceptors (Lipinski definition) is 4. The van der Waals surface area contributed by atoms with Crippen LogP contribution in [0.15, 0.2) is 53.1 Å². The van der Waals surface area contributed by atoms with Crippen LogP contribution in [-0.2, 0) is 16.4 Å². The van der Waals surface area contributed by atoms with Crippen LogP contribution in [-0.4, -0.2) is 14.2 Å². The molecule has 0 radical (unpaired) electrons. The molecule has 1 heterocycles. The lowest BCUT2D eigenvalue weighted by Crippen LogP contribution is -2.14. The van der Waals surface area contributed by atoms with Crippen LogP contribution in [0.3, 0.4) is 0 Å². The summed E-state index contributed by atoms with van der Waals surface area (Å²) in [6.07, 6.45) is 1.94. The molecule has 0 bridgehead atoms. The van der Waals surface area contributed by atoms with Crippen LogP contribution in [0, 0.1) is 0 Å². The fourth-order valence-corrected chi connectivity index (χ4v) is 6.26. The highest BCUT2D eigenvalue weighted by Crippen LogP contribution is 2.38. The number of ketones is 1. The zero-order chi connectivity index (χ0) is 19.3. The highest BCUT2D eigenvalue weighted by atomic mass is 79.9. The minimum atomic E-state index is -3.83. The van der Waals surface area contributed by atoms with Gasteiger partial charge in [0.2, 0.25) is 0 Å². The number of furan rings is 1. The van der Waals surface area contributed by atoms with Crippen LogP contribution in [0.2, 0.25) is 0 Å². The van der Waals surface area contributed by atoms with E-state index in [1.807, 2.05) is 0 Å². The molecule has 4 rings (SSSR count). The van der Waals surface area contributed by atoms with Crippen LogP contribution in [0.1, 0.15) is 29.0 Å². The van der Waals surface area contributed by atoms with E-state index in [1.54, 1.807) is 24.3 Å². The normalized spacial score (nSPS) is 14.4. The summed E-state index contributed by atoms with van der Waals surface area (Å²) in [6, 6.07) is 8.20. The Morgan fingerprint density at radius 2 is 1.78 bits per heavy atom. The summed E-state index contributed by atoms with van der Waals surface area (Å²) >= 11 is 9.99. The molecular weight excluding hydrogens is 566 g/mol. The lowest BCUT2D eigenvalue weighted by molar-refractivity contribution is 0.0971. The number of sulfonamides is 1. The van der Waals surface area contributed by atoms with E-state index in [2.05, 4.69) is 52.5 Å². The zero-order valence-electron chi connectivity index (χ0n) is 13.7. The van der Waals surface area contributed by atoms with Gasteiger partial charge in [0.05, 0.1) is 15.7 Å². The Morgan fingerprint density at radius 3 is 2.56 bits per heavy atom. The van der Waals surface area contributed by atoms with Gasteiger partial charge in [-0.2, -0.15) is 0 Å². The van der Waals surface area contributed by atoms with Crippen LogP contribution in [0.5, 0.6) is 0 Å². The van der Waals surface area contributed by atoms with Crippen molar-refractivity contribution in [3.63, 3.8) is 0 Å². The molecule has 0 amide bonds. The van der Waals surface area contributed by atoms with Crippen LogP contribution in [0.4, 0.5) is 5.69 Å². The van der Waals surface area contributed by atoms with E-state index in [0.29, 0.717) is 54.2 Å². The molecule has 140 valence electrons. The maximum atomic E-state index is 12.8. The number of rotatable bonds is 3. The van der Waals surface area contributed by atoms with Crippen molar-refractivity contribution >= 4 is 80.3 Å². The molecule has 1 aliphatic carbocycles. The van der Waals surface area contributed by atoms with E-state index in [1.165, 1.54) is 6.07 Å². The first kappa shape index (κ1) is 19.2. The SMILES string of the molecule is O=C1CCCc2oc3c(Br)cc(NS(=O)(=O)c4cc(Br)ccc4Br)cc3c21. The number of carbonyl (C=O) groups is 1. The molecule has 27 heavy (non-hydrogen) atoms. The lowest BCUT2D eigenvalue weighted by atomic mass is 9.94. The third-order valence-electron chi connectivity index (χ3n) is 4.34. The molecule has 0 aliphatic heterocycles. The Bertz CT molecular complexity index is 1200. The van der Waals surface area contributed by atoms with Gasteiger partial charge in [-0.3, -0.25) is 9.52 Å². The minimum Gasteiger partial charge on any atom is -0.459 e. The Kier molecular flexibility index (Phi) is 4.99. The topological polar surface area (TPSA) is 76.4 Å². The number of fused-ring (bicyclic) bond motifs is 3. The second-order valence-electron chi connectivity index (χ2n) is 6.19. The molecule has 2 aromatic carbocycles. The predicted molar refractivity (Wildman–Crippen MR) is 114 cm³/mol. The Morgan fingerprint density at radius 1 is 1.00 bits per heavy atom. The number of halogens is 3. The van der Waals surface area contributed by atoms with E-state index in [-0.39, 0.29) is 10.7 Å². The van der Waals surface area contributed by atoms with E-state index in [9.17, 15) is 13.2 Å². The number of carbonyl (C=O) groups excluding carboxylic acids is 1. The molecule has 5 nitrogen and oxygen atoms in total. The quantitative estimate of drug-likeness (QED) is 0.412. The van der Waals surface area contributed by atoms with Crippen molar-refractivity contribution in [3.05, 3.63) is 55.1 Å². The average Bonchev–Trinajstić information content (AvgIpc) is 2.97. The molecule has 9 heteroatoms. The van der Waals surface area contributed by atoms with Gasteiger partial charge in [-0.15, -0.1) is 0 Å². The Labute approximate surface area is 180 Å². The van der Waals surface area contributed by atoms with E-state index in [0.717, 1.165) is 6.42 Å². The summed E-state index contributed by atoms with van der Waals surface area (Å²) in [6.45, 7) is 0. The molecule has 0 fully saturated rings. The summed E-state index contributed by atoms with van der Waals surface area (Å²) in [5.41, 5.74) is 1.46. The van der Waals surface area contributed by atoms with Crippen molar-refractivity contribution in [1.29, 1.82) is 0 Å². The van der Waals surface area contributed by atoms with Crippen molar-refractivity contribution in [3.8, 4) is 0 Å². The predicted octanol–water partition coefficient (Wildman–Crippen LogP) is 6.04. The number of aryl methyl sites for hydroxylation is 1. The maximum absolute atomic E-state index is 12.8. The van der Waals surface area contributed by atoms with Gasteiger partial charge in [0, 0.05) is 27.2 Å². The highest BCUT2D eigenvalue weighted by molar-refractivity contribution is 9.11. The standard InChI is InChI=1S/C18H12Br3NO4S/c19-9-4-5-12(20)16(6-9)27(24,25)22-10-7-11-17-14(23)2-1-3-15(17)26-18(11)13(21)8-10/h4-8,22H,1-3H2. The third-order valence-corrected chi connectivity index (χ3v) is 7.80. The first-order chi connectivity index (χ1) is 12.8. The Balaban J connectivity index is 1.82. The molecule has 0 spiro atoms. The smallest absolute Gasteiger partial charge is 0.263 e. The molecular formula is C18H12Br3NO4S. The van der Waals surface area contributed by atoms with Gasteiger partial charge >= 0.3 is 0 Å². The van der Waals surface area contributed by atoms with Crippen LogP contribution < -0.4 is 4.72 Å². The number of Topliss-reactive ketones (excluding diaryl/α,β-unsaturated/α-hetero) is 1. The van der Waals surface area contributed by atoms with Crippen LogP contribution in [0.25, 0.3) is 11.0 Å². The fourth-order valence-electron chi connectivity index (χ4n) is 3.18. The first-order valence-electron chi connectivity index (χ1n) is 8.02. The molecule has 0 saturated carbocycles. The summed E-state index contributed by atoms with van der Waals surface area (Å²) in [5.74, 6) is 0.688. The molecule has 0 unspecified atom stereocenters. The van der Waals surface area contributed by atoms with Crippen LogP contribution >= 0.6 is 47.8 Å². The third kappa shape index (κ3) is 3.50. The van der Waals surface area contributed by atoms with Crippen molar-refractivity contribution in [2.75, 3.05) is 4.72 Å². The van der Waals surface area contributed by atoms with E-state index >= 15 is 0 Å². The molecule has 1 N–H and O–H groups in total. The lowest BCUT2D eigenvalue weighted by Gasteiger charge is -2.11. The molecule has 0 atom stereocenters. The monoisotopic (exact) mass is 575 g/mol. The summed E-state index contributed by atoms with van der Waals surface area (Å²) in [5, 5.41) is 0.620. The second kappa shape index (κ2) is 7.02. The second-order valence-corrected chi connectivity index (χ2v) is 10.5. The zero-order valence-corrected chi connectivity index (χ0v) is 19.3. The van der Waals surface area contributed by atoms with Gasteiger partial charge in [-0.05, 0) is 68.6 Å². The van der Waals surface area contributed by atoms with Gasteiger partial charge in [-0.25, -0.2) is 8.42 Å². The average molecular weight is 578 g/mol. The largest absolute Gasteiger partial charge is 0.459 e. The van der Waals surface area contributed by atoms with E-state index < -0.39 is 10.0 Å². The van der Waals surface area contributed by atoms with E-state index in [4.69, 9.17) is 4.42 Å². The maximum Gasteiger partial charge on any atom is 0.263 e. The fraction of sp³-hybridized carbons (Fsp3) is 0.167. The highest BCUT2D eigenvalue weighted by Gasteiger charge is 2.26. The van der Waals surface area contributed by atoms with Gasteiger partial charge in [0.25, 0.3) is 10.0 Å². The van der Waals surface area contributed by atoms with Crippen molar-refractivity contribution in [1.82, 2.24) is 0 Å². The van der Waals surface area contributed by atoms with Gasteiger partial charge in [0.1, 0.15) is 16.2 Å². The number of nitrogens with one attached hydrogen (secondary N) is 1. The first-order valence-corrected chi connectivity index (χ1v) is 11.9. The molecule has 1 aliphatic rings. The van der Waals surface area contributed by atoms with Crippen molar-refractivity contribution < 1.29 is 17.6 Å². The Hall–Kier alpha value is -1.16. The molecule has 1 aromatic heterocycles. The molecule has 0 saturated heterocycles. The summed E-state index contributed by atoms with van der Waals surface area (Å²) in [7, 11) is -3.83. The van der Waals surface area contributed by atoms with Crippen molar-refractivity contribution in [2.45, 2.75) is 24.2 Å². The number of hydrogen-bond donors (Lipinski definition) is 1. The van der Waals surface area contributed by atoms with Gasteiger partial charge in [0.15, 0.2) is 5.78 Å². The number of benzene rings is 2. The summed E-state index contributed by atoms with van der Waals surface area (Å²) < 4.78 is 35.8. The molecule has 3 aromatic rings. The number of anilines is 1. The minimum absolute atomic E-state index is 0.0247. The van der Waals surface area contributed by atoms with Gasteiger partial charge in [-0.1, -0.05) is 15.9 Å². The van der Waals surface area contributed by atoms with Gasteiger partial charge < -0.3 is 4.42 Å².